The Balaban J connectivity index is 1.41. The van der Waals surface area contributed by atoms with Gasteiger partial charge in [0, 0.05) is 13.0 Å². The zero-order valence-corrected chi connectivity index (χ0v) is 13.0. The molecule has 1 aromatic heterocycles. The highest BCUT2D eigenvalue weighted by atomic mass is 16.5. The van der Waals surface area contributed by atoms with Crippen molar-refractivity contribution >= 4 is 11.9 Å². The highest BCUT2D eigenvalue weighted by Crippen LogP contribution is 2.37. The van der Waals surface area contributed by atoms with Crippen molar-refractivity contribution in [2.45, 2.75) is 62.4 Å². The smallest absolute Gasteiger partial charge is 0.325 e. The quantitative estimate of drug-likeness (QED) is 0.794. The maximum absolute atomic E-state index is 12.5. The van der Waals surface area contributed by atoms with Crippen molar-refractivity contribution in [2.75, 3.05) is 6.54 Å². The standard InChI is InChI=1S/C15H21N5O3/c16-14(5-3-6-14)11-17-10(23-19-11)4-9-20-12(21)15(18-13(20)22)7-1-2-8-15/h1-9,16H2,(H,18,22). The van der Waals surface area contributed by atoms with Gasteiger partial charge >= 0.3 is 6.03 Å². The van der Waals surface area contributed by atoms with E-state index in [2.05, 4.69) is 15.5 Å². The molecule has 1 spiro atoms. The van der Waals surface area contributed by atoms with Gasteiger partial charge in [0.05, 0.1) is 5.54 Å². The Kier molecular flexibility index (Phi) is 3.19. The van der Waals surface area contributed by atoms with Crippen LogP contribution in [0.5, 0.6) is 0 Å². The summed E-state index contributed by atoms with van der Waals surface area (Å²) >= 11 is 0. The second kappa shape index (κ2) is 5.02. The van der Waals surface area contributed by atoms with Crippen LogP contribution in [0.3, 0.4) is 0 Å². The summed E-state index contributed by atoms with van der Waals surface area (Å²) in [6, 6.07) is -0.314. The molecule has 2 heterocycles. The number of amides is 3. The van der Waals surface area contributed by atoms with Crippen LogP contribution in [0.1, 0.15) is 56.7 Å². The molecule has 8 heteroatoms. The first-order chi connectivity index (χ1) is 11.0. The topological polar surface area (TPSA) is 114 Å². The van der Waals surface area contributed by atoms with Crippen molar-refractivity contribution in [3.8, 4) is 0 Å². The van der Waals surface area contributed by atoms with E-state index in [1.807, 2.05) is 0 Å². The van der Waals surface area contributed by atoms with Crippen molar-refractivity contribution in [1.29, 1.82) is 0 Å². The number of rotatable bonds is 4. The third kappa shape index (κ3) is 2.23. The van der Waals surface area contributed by atoms with Crippen LogP contribution in [0, 0.1) is 0 Å². The predicted molar refractivity (Wildman–Crippen MR) is 79.2 cm³/mol. The highest BCUT2D eigenvalue weighted by Gasteiger charge is 2.52. The summed E-state index contributed by atoms with van der Waals surface area (Å²) in [5.74, 6) is 0.835. The van der Waals surface area contributed by atoms with Crippen molar-refractivity contribution in [2.24, 2.45) is 5.73 Å². The van der Waals surface area contributed by atoms with Crippen LogP contribution in [0.25, 0.3) is 0 Å². The number of nitrogens with zero attached hydrogens (tertiary/aromatic N) is 3. The molecule has 0 aromatic carbocycles. The lowest BCUT2D eigenvalue weighted by Crippen LogP contribution is -2.44. The molecular formula is C15H21N5O3. The molecule has 1 aromatic rings. The van der Waals surface area contributed by atoms with Crippen molar-refractivity contribution in [3.63, 3.8) is 0 Å². The summed E-state index contributed by atoms with van der Waals surface area (Å²) in [6.07, 6.45) is 6.58. The van der Waals surface area contributed by atoms with Gasteiger partial charge in [-0.05, 0) is 32.1 Å². The third-order valence-electron chi connectivity index (χ3n) is 5.41. The van der Waals surface area contributed by atoms with Crippen LogP contribution in [-0.2, 0) is 16.8 Å². The van der Waals surface area contributed by atoms with Crippen molar-refractivity contribution in [3.05, 3.63) is 11.7 Å². The zero-order valence-electron chi connectivity index (χ0n) is 13.0. The number of carbonyl (C=O) groups excluding carboxylic acids is 2. The molecule has 8 nitrogen and oxygen atoms in total. The van der Waals surface area contributed by atoms with Gasteiger partial charge in [-0.25, -0.2) is 4.79 Å². The second-order valence-corrected chi connectivity index (χ2v) is 6.95. The first-order valence-electron chi connectivity index (χ1n) is 8.29. The molecule has 2 saturated carbocycles. The Labute approximate surface area is 133 Å². The van der Waals surface area contributed by atoms with Crippen LogP contribution < -0.4 is 11.1 Å². The average Bonchev–Trinajstić information content (AvgIpc) is 3.19. The summed E-state index contributed by atoms with van der Waals surface area (Å²) in [5.41, 5.74) is 5.04. The molecule has 3 amide bonds. The lowest BCUT2D eigenvalue weighted by atomic mass is 9.77. The van der Waals surface area contributed by atoms with Crippen LogP contribution >= 0.6 is 0 Å². The minimum Gasteiger partial charge on any atom is -0.339 e. The van der Waals surface area contributed by atoms with Gasteiger partial charge in [-0.2, -0.15) is 4.98 Å². The molecule has 0 radical (unpaired) electrons. The Hall–Kier alpha value is -1.96. The zero-order chi connectivity index (χ0) is 16.1. The Morgan fingerprint density at radius 1 is 1.17 bits per heavy atom. The maximum atomic E-state index is 12.5. The van der Waals surface area contributed by atoms with E-state index in [0.29, 0.717) is 18.1 Å². The number of nitrogens with one attached hydrogen (secondary N) is 1. The molecule has 2 aliphatic carbocycles. The van der Waals surface area contributed by atoms with Gasteiger partial charge in [-0.3, -0.25) is 9.69 Å². The van der Waals surface area contributed by atoms with Gasteiger partial charge in [-0.1, -0.05) is 18.0 Å². The minimum absolute atomic E-state index is 0.117. The fourth-order valence-electron chi connectivity index (χ4n) is 3.74. The Morgan fingerprint density at radius 3 is 2.57 bits per heavy atom. The van der Waals surface area contributed by atoms with Gasteiger partial charge in [0.15, 0.2) is 5.82 Å². The predicted octanol–water partition coefficient (Wildman–Crippen LogP) is 0.815. The van der Waals surface area contributed by atoms with Gasteiger partial charge in [0.2, 0.25) is 5.89 Å². The lowest BCUT2D eigenvalue weighted by molar-refractivity contribution is -0.131. The van der Waals surface area contributed by atoms with E-state index >= 15 is 0 Å². The number of hydrogen-bond acceptors (Lipinski definition) is 6. The van der Waals surface area contributed by atoms with Gasteiger partial charge < -0.3 is 15.6 Å². The first-order valence-corrected chi connectivity index (χ1v) is 8.29. The lowest BCUT2D eigenvalue weighted by Gasteiger charge is -2.34. The second-order valence-electron chi connectivity index (χ2n) is 6.95. The Bertz CT molecular complexity index is 645. The monoisotopic (exact) mass is 319 g/mol. The summed E-state index contributed by atoms with van der Waals surface area (Å²) in [7, 11) is 0. The number of urea groups is 1. The Morgan fingerprint density at radius 2 is 1.91 bits per heavy atom. The molecule has 23 heavy (non-hydrogen) atoms. The molecule has 4 rings (SSSR count). The average molecular weight is 319 g/mol. The number of nitrogens with two attached hydrogens (primary N) is 1. The molecule has 1 saturated heterocycles. The molecule has 3 aliphatic rings. The first kappa shape index (κ1) is 14.6. The van der Waals surface area contributed by atoms with Gasteiger partial charge in [0.25, 0.3) is 5.91 Å². The van der Waals surface area contributed by atoms with E-state index in [-0.39, 0.29) is 18.5 Å². The van der Waals surface area contributed by atoms with Crippen LogP contribution in [0.2, 0.25) is 0 Å². The van der Waals surface area contributed by atoms with Crippen LogP contribution in [0.15, 0.2) is 4.52 Å². The SMILES string of the molecule is NC1(c2noc(CCN3C(=O)NC4(CCCC4)C3=O)n2)CCC1. The minimum atomic E-state index is -0.662. The molecule has 3 N–H and O–H groups in total. The largest absolute Gasteiger partial charge is 0.339 e. The summed E-state index contributed by atoms with van der Waals surface area (Å²) in [5, 5.41) is 6.81. The highest BCUT2D eigenvalue weighted by molar-refractivity contribution is 6.07. The maximum Gasteiger partial charge on any atom is 0.325 e. The fourth-order valence-corrected chi connectivity index (χ4v) is 3.74. The summed E-state index contributed by atoms with van der Waals surface area (Å²) in [6.45, 7) is 0.256. The van der Waals surface area contributed by atoms with E-state index in [9.17, 15) is 9.59 Å². The number of hydrogen-bond donors (Lipinski definition) is 2. The van der Waals surface area contributed by atoms with Gasteiger partial charge in [0.1, 0.15) is 5.54 Å². The van der Waals surface area contributed by atoms with E-state index in [4.69, 9.17) is 10.3 Å². The van der Waals surface area contributed by atoms with E-state index in [0.717, 1.165) is 44.9 Å². The summed E-state index contributed by atoms with van der Waals surface area (Å²) in [4.78, 5) is 30.2. The molecule has 3 fully saturated rings. The van der Waals surface area contributed by atoms with Crippen molar-refractivity contribution < 1.29 is 14.1 Å². The number of imide groups is 1. The van der Waals surface area contributed by atoms with Crippen LogP contribution in [-0.4, -0.2) is 39.1 Å². The fraction of sp³-hybridized carbons (Fsp3) is 0.733. The molecular weight excluding hydrogens is 298 g/mol. The third-order valence-corrected chi connectivity index (χ3v) is 5.41. The van der Waals surface area contributed by atoms with Gasteiger partial charge in [-0.15, -0.1) is 0 Å². The summed E-state index contributed by atoms with van der Waals surface area (Å²) < 4.78 is 5.22. The normalized spacial score (nSPS) is 25.0. The molecule has 0 bridgehead atoms. The number of aromatic nitrogens is 2. The molecule has 0 atom stereocenters. The van der Waals surface area contributed by atoms with E-state index in [1.54, 1.807) is 0 Å². The number of carbonyl (C=O) groups is 2. The van der Waals surface area contributed by atoms with E-state index < -0.39 is 11.1 Å². The van der Waals surface area contributed by atoms with E-state index in [1.165, 1.54) is 4.90 Å². The molecule has 1 aliphatic heterocycles. The van der Waals surface area contributed by atoms with Crippen LogP contribution in [0.4, 0.5) is 4.79 Å². The molecule has 0 unspecified atom stereocenters. The van der Waals surface area contributed by atoms with Crippen molar-refractivity contribution in [1.82, 2.24) is 20.4 Å². The molecule has 124 valence electrons.